The molecule has 8 heteroatoms. The molecule has 3 heterocycles. The fraction of sp³-hybridized carbons (Fsp3) is 0.621. The molecule has 0 spiro atoms. The van der Waals surface area contributed by atoms with E-state index in [0.717, 1.165) is 43.3 Å². The summed E-state index contributed by atoms with van der Waals surface area (Å²) in [6, 6.07) is 1.82. The molecule has 8 nitrogen and oxygen atoms in total. The van der Waals surface area contributed by atoms with Crippen molar-refractivity contribution in [2.75, 3.05) is 18.0 Å². The van der Waals surface area contributed by atoms with Crippen molar-refractivity contribution in [3.63, 3.8) is 0 Å². The second-order valence-corrected chi connectivity index (χ2v) is 7.02. The van der Waals surface area contributed by atoms with E-state index in [0.29, 0.717) is 6.42 Å². The lowest BCUT2D eigenvalue weighted by Crippen LogP contribution is -2.31. The van der Waals surface area contributed by atoms with Gasteiger partial charge in [-0.2, -0.15) is 0 Å². The van der Waals surface area contributed by atoms with Crippen molar-refractivity contribution in [2.24, 2.45) is 0 Å². The highest BCUT2D eigenvalue weighted by Gasteiger charge is 2.20. The Morgan fingerprint density at radius 3 is 1.97 bits per heavy atom. The fourth-order valence-corrected chi connectivity index (χ4v) is 3.18. The minimum Gasteiger partial charge on any atom is -0.356 e. The summed E-state index contributed by atoms with van der Waals surface area (Å²) in [6.45, 7) is 20.0. The Balaban J connectivity index is -0.000000469. The van der Waals surface area contributed by atoms with Crippen LogP contribution in [0.15, 0.2) is 24.5 Å². The lowest BCUT2D eigenvalue weighted by molar-refractivity contribution is -0.128. The van der Waals surface area contributed by atoms with Gasteiger partial charge < -0.3 is 4.90 Å². The first-order valence-corrected chi connectivity index (χ1v) is 13.6. The zero-order valence-corrected chi connectivity index (χ0v) is 24.1. The first-order valence-electron chi connectivity index (χ1n) is 13.6. The quantitative estimate of drug-likeness (QED) is 0.333. The summed E-state index contributed by atoms with van der Waals surface area (Å²) in [5.41, 5.74) is 3.93. The molecule has 2 aromatic heterocycles. The Hall–Kier alpha value is -2.87. The number of hydrogen-bond acceptors (Lipinski definition) is 7. The van der Waals surface area contributed by atoms with Crippen molar-refractivity contribution in [3.8, 4) is 0 Å². The van der Waals surface area contributed by atoms with Gasteiger partial charge in [-0.25, -0.2) is 25.4 Å². The van der Waals surface area contributed by atoms with Crippen LogP contribution < -0.4 is 10.4 Å². The largest absolute Gasteiger partial charge is 0.356 e. The summed E-state index contributed by atoms with van der Waals surface area (Å²) in [7, 11) is 0. The molecule has 0 saturated carbocycles. The molecular weight excluding hydrogens is 464 g/mol. The van der Waals surface area contributed by atoms with Crippen LogP contribution in [0.1, 0.15) is 111 Å². The third-order valence-electron chi connectivity index (χ3n) is 4.76. The molecule has 1 aliphatic heterocycles. The van der Waals surface area contributed by atoms with E-state index in [9.17, 15) is 4.79 Å². The van der Waals surface area contributed by atoms with Gasteiger partial charge in [0.05, 0.1) is 5.69 Å². The molecule has 212 valence electrons. The van der Waals surface area contributed by atoms with E-state index in [4.69, 9.17) is 5.21 Å². The molecule has 2 aromatic rings. The number of carbonyl (C=O) groups is 1. The molecule has 1 fully saturated rings. The molecule has 2 N–H and O–H groups in total. The molecule has 37 heavy (non-hydrogen) atoms. The zero-order valence-electron chi connectivity index (χ0n) is 24.1. The number of amides is 1. The number of aryl methyl sites for hydroxylation is 2. The first kappa shape index (κ1) is 38.7. The maximum atomic E-state index is 9.82. The summed E-state index contributed by atoms with van der Waals surface area (Å²) < 4.78 is 0. The van der Waals surface area contributed by atoms with Crippen LogP contribution >= 0.6 is 0 Å². The number of hydroxylamine groups is 1. The number of hydrogen-bond donors (Lipinski definition) is 2. The van der Waals surface area contributed by atoms with Crippen LogP contribution in [0.25, 0.3) is 6.08 Å². The van der Waals surface area contributed by atoms with E-state index in [1.807, 2.05) is 61.5 Å². The second kappa shape index (κ2) is 26.2. The van der Waals surface area contributed by atoms with Crippen LogP contribution in [0, 0.1) is 6.92 Å². The Morgan fingerprint density at radius 1 is 0.973 bits per heavy atom. The topological polar surface area (TPSA) is 104 Å². The highest BCUT2D eigenvalue weighted by Crippen LogP contribution is 2.28. The summed E-state index contributed by atoms with van der Waals surface area (Å²) in [5.74, 6) is 2.64. The summed E-state index contributed by atoms with van der Waals surface area (Å²) in [4.78, 5) is 29.4. The van der Waals surface area contributed by atoms with E-state index in [1.54, 1.807) is 19.3 Å². The summed E-state index contributed by atoms with van der Waals surface area (Å²) in [5, 5.41) is 7.74. The van der Waals surface area contributed by atoms with E-state index in [1.165, 1.54) is 36.1 Å². The number of piperidine rings is 1. The molecule has 1 amide bonds. The smallest absolute Gasteiger partial charge is 0.243 e. The summed E-state index contributed by atoms with van der Waals surface area (Å²) in [6.07, 6.45) is 14.0. The number of allylic oxidation sites excluding steroid dienone is 1. The molecule has 0 aromatic carbocycles. The first-order chi connectivity index (χ1) is 17.6. The number of anilines is 1. The zero-order chi connectivity index (χ0) is 27.8. The average molecular weight is 519 g/mol. The van der Waals surface area contributed by atoms with Gasteiger partial charge in [0.25, 0.3) is 0 Å². The normalized spacial score (nSPS) is 11.9. The second-order valence-electron chi connectivity index (χ2n) is 7.02. The Morgan fingerprint density at radius 2 is 1.54 bits per heavy atom. The van der Waals surface area contributed by atoms with Crippen molar-refractivity contribution in [1.82, 2.24) is 25.4 Å². The van der Waals surface area contributed by atoms with E-state index in [2.05, 4.69) is 37.0 Å². The molecule has 0 unspecified atom stereocenters. The van der Waals surface area contributed by atoms with Crippen LogP contribution in [0.4, 0.5) is 5.82 Å². The molecule has 2 aliphatic rings. The van der Waals surface area contributed by atoms with E-state index < -0.39 is 0 Å². The van der Waals surface area contributed by atoms with Gasteiger partial charge in [-0.1, -0.05) is 68.9 Å². The van der Waals surface area contributed by atoms with E-state index >= 15 is 0 Å². The third kappa shape index (κ3) is 15.8. The maximum absolute atomic E-state index is 9.82. The predicted molar refractivity (Wildman–Crippen MR) is 158 cm³/mol. The van der Waals surface area contributed by atoms with Crippen molar-refractivity contribution >= 4 is 17.8 Å². The van der Waals surface area contributed by atoms with Gasteiger partial charge in [-0.05, 0) is 44.7 Å². The van der Waals surface area contributed by atoms with Crippen LogP contribution in [-0.2, 0) is 17.6 Å². The van der Waals surface area contributed by atoms with Crippen molar-refractivity contribution < 1.29 is 10.0 Å². The van der Waals surface area contributed by atoms with Crippen LogP contribution in [0.5, 0.6) is 0 Å². The van der Waals surface area contributed by atoms with Crippen molar-refractivity contribution in [3.05, 3.63) is 47.4 Å². The standard InChI is InChI=1S/C13H17N3.C6H8N2.C3H7NO2.3C2H6.CH4/c1-10-14-12-7-5-6-11(12)13(15-10)16-8-3-2-4-9-16;1-2-6-7-4-3-5-8-6;1-2-3(5)4-6;3*1-2;/h5,7H,2-4,6,8-9H2,1H3;3-5H,2H2,1H3;6H,2H2,1H3,(H,4,5);3*1-2H3;1H4. The van der Waals surface area contributed by atoms with Crippen LogP contribution in [0.2, 0.25) is 0 Å². The number of fused-ring (bicyclic) bond motifs is 1. The lowest BCUT2D eigenvalue weighted by atomic mass is 10.1. The Bertz CT molecular complexity index is 817. The maximum Gasteiger partial charge on any atom is 0.243 e. The molecular formula is C29H54N6O2. The molecule has 0 atom stereocenters. The number of rotatable bonds is 3. The number of nitrogens with one attached hydrogen (secondary N) is 1. The van der Waals surface area contributed by atoms with Gasteiger partial charge in [0, 0.05) is 43.9 Å². The molecule has 4 rings (SSSR count). The van der Waals surface area contributed by atoms with Gasteiger partial charge >= 0.3 is 0 Å². The Labute approximate surface area is 227 Å². The number of nitrogens with zero attached hydrogens (tertiary/aromatic N) is 5. The predicted octanol–water partition coefficient (Wildman–Crippen LogP) is 7.00. The van der Waals surface area contributed by atoms with Gasteiger partial charge in [-0.15, -0.1) is 0 Å². The van der Waals surface area contributed by atoms with Crippen LogP contribution in [-0.4, -0.2) is 44.1 Å². The SMILES string of the molecule is C.CC.CC.CC.CCC(=O)NO.CCc1ncccn1.Cc1nc2c(c(N3CCCCC3)n1)CC=C2. The Kier molecular flexibility index (Phi) is 27.4. The van der Waals surface area contributed by atoms with E-state index in [-0.39, 0.29) is 13.3 Å². The monoisotopic (exact) mass is 518 g/mol. The van der Waals surface area contributed by atoms with Gasteiger partial charge in [0.1, 0.15) is 17.5 Å². The molecule has 1 aliphatic carbocycles. The average Bonchev–Trinajstić information content (AvgIpc) is 3.45. The number of carbonyl (C=O) groups excluding carboxylic acids is 1. The van der Waals surface area contributed by atoms with Gasteiger partial charge in [-0.3, -0.25) is 10.0 Å². The van der Waals surface area contributed by atoms with Gasteiger partial charge in [0.15, 0.2) is 0 Å². The minimum absolute atomic E-state index is 0. The molecule has 0 radical (unpaired) electrons. The summed E-state index contributed by atoms with van der Waals surface area (Å²) >= 11 is 0. The minimum atomic E-state index is -0.352. The van der Waals surface area contributed by atoms with Gasteiger partial charge in [0.2, 0.25) is 5.91 Å². The molecule has 1 saturated heterocycles. The van der Waals surface area contributed by atoms with Crippen molar-refractivity contribution in [1.29, 1.82) is 0 Å². The van der Waals surface area contributed by atoms with Crippen molar-refractivity contribution in [2.45, 2.75) is 108 Å². The lowest BCUT2D eigenvalue weighted by Gasteiger charge is -2.29. The highest BCUT2D eigenvalue weighted by atomic mass is 16.5. The highest BCUT2D eigenvalue weighted by molar-refractivity contribution is 5.74. The fourth-order valence-electron chi connectivity index (χ4n) is 3.18. The molecule has 0 bridgehead atoms. The van der Waals surface area contributed by atoms with Crippen LogP contribution in [0.3, 0.4) is 0 Å². The third-order valence-corrected chi connectivity index (χ3v) is 4.76. The number of aromatic nitrogens is 4.